The molecular weight excluding hydrogens is 464 g/mol. The predicted octanol–water partition coefficient (Wildman–Crippen LogP) is 3.16. The minimum Gasteiger partial charge on any atom is -0.380 e. The molecule has 36 heavy (non-hydrogen) atoms. The van der Waals surface area contributed by atoms with Gasteiger partial charge in [0.15, 0.2) is 0 Å². The molecule has 1 amide bonds. The summed E-state index contributed by atoms with van der Waals surface area (Å²) in [7, 11) is 1.97. The highest BCUT2D eigenvalue weighted by atomic mass is 19.1. The van der Waals surface area contributed by atoms with E-state index in [0.717, 1.165) is 56.7 Å². The van der Waals surface area contributed by atoms with Crippen molar-refractivity contribution in [1.29, 1.82) is 0 Å². The van der Waals surface area contributed by atoms with Crippen molar-refractivity contribution in [3.63, 3.8) is 0 Å². The first kappa shape index (κ1) is 25.3. The van der Waals surface area contributed by atoms with E-state index in [1.807, 2.05) is 19.2 Å². The van der Waals surface area contributed by atoms with Gasteiger partial charge in [-0.3, -0.25) is 9.69 Å². The van der Waals surface area contributed by atoms with Gasteiger partial charge in [-0.25, -0.2) is 13.8 Å². The van der Waals surface area contributed by atoms with Gasteiger partial charge in [-0.1, -0.05) is 0 Å². The molecule has 0 unspecified atom stereocenters. The quantitative estimate of drug-likeness (QED) is 0.343. The SMILES string of the molecule is CNCCN1CCN(c2ccc(Nc3cc(NCc4cc(F)cc(F)c4)c(C(N)=O)cn3)cc2)CC1. The van der Waals surface area contributed by atoms with Gasteiger partial charge in [-0.2, -0.15) is 0 Å². The third kappa shape index (κ3) is 6.67. The number of likely N-dealkylation sites (N-methyl/N-ethyl adjacent to an activating group) is 1. The molecule has 10 heteroatoms. The third-order valence-electron chi connectivity index (χ3n) is 6.13. The minimum atomic E-state index is -0.668. The number of primary amides is 1. The Bertz CT molecular complexity index is 1160. The van der Waals surface area contributed by atoms with Crippen molar-refractivity contribution in [2.45, 2.75) is 6.54 Å². The fraction of sp³-hybridized carbons (Fsp3) is 0.308. The Morgan fingerprint density at radius 1 is 1.03 bits per heavy atom. The zero-order chi connectivity index (χ0) is 25.5. The van der Waals surface area contributed by atoms with E-state index in [1.54, 1.807) is 6.07 Å². The monoisotopic (exact) mass is 495 g/mol. The van der Waals surface area contributed by atoms with Crippen molar-refractivity contribution in [2.24, 2.45) is 5.73 Å². The highest BCUT2D eigenvalue weighted by Gasteiger charge is 2.17. The number of amides is 1. The van der Waals surface area contributed by atoms with Crippen LogP contribution in [0.15, 0.2) is 54.7 Å². The average Bonchev–Trinajstić information content (AvgIpc) is 2.86. The van der Waals surface area contributed by atoms with Crippen LogP contribution in [0.25, 0.3) is 0 Å². The molecule has 1 saturated heterocycles. The summed E-state index contributed by atoms with van der Waals surface area (Å²) in [6.45, 7) is 6.20. The van der Waals surface area contributed by atoms with E-state index in [9.17, 15) is 13.6 Å². The molecule has 0 saturated carbocycles. The molecular formula is C26H31F2N7O. The van der Waals surface area contributed by atoms with Crippen LogP contribution in [0.3, 0.4) is 0 Å². The number of anilines is 4. The Kier molecular flexibility index (Phi) is 8.29. The molecule has 0 bridgehead atoms. The summed E-state index contributed by atoms with van der Waals surface area (Å²) < 4.78 is 27.0. The predicted molar refractivity (Wildman–Crippen MR) is 139 cm³/mol. The van der Waals surface area contributed by atoms with Crippen LogP contribution in [0, 0.1) is 11.6 Å². The lowest BCUT2D eigenvalue weighted by molar-refractivity contribution is 0.100. The van der Waals surface area contributed by atoms with Crippen LogP contribution in [0.5, 0.6) is 0 Å². The van der Waals surface area contributed by atoms with Gasteiger partial charge in [0.25, 0.3) is 5.91 Å². The zero-order valence-electron chi connectivity index (χ0n) is 20.2. The van der Waals surface area contributed by atoms with Crippen molar-refractivity contribution < 1.29 is 13.6 Å². The number of hydrogen-bond donors (Lipinski definition) is 4. The molecule has 0 spiro atoms. The Morgan fingerprint density at radius 3 is 2.36 bits per heavy atom. The van der Waals surface area contributed by atoms with Crippen LogP contribution >= 0.6 is 0 Å². The van der Waals surface area contributed by atoms with Crippen molar-refractivity contribution in [3.05, 3.63) is 77.5 Å². The standard InChI is InChI=1S/C26H31F2N7O/c1-30-6-7-34-8-10-35(11-9-34)22-4-2-21(3-5-22)33-25-15-24(23(17-32-25)26(29)36)31-16-18-12-19(27)14-20(28)13-18/h2-5,12-15,17,30H,6-11,16H2,1H3,(H2,29,36)(H2,31,32,33). The Balaban J connectivity index is 1.40. The van der Waals surface area contributed by atoms with Gasteiger partial charge in [0.05, 0.1) is 11.3 Å². The first-order chi connectivity index (χ1) is 17.4. The molecule has 0 aliphatic carbocycles. The second-order valence-corrected chi connectivity index (χ2v) is 8.71. The molecule has 1 aromatic heterocycles. The average molecular weight is 496 g/mol. The Hall–Kier alpha value is -3.76. The molecule has 5 N–H and O–H groups in total. The summed E-state index contributed by atoms with van der Waals surface area (Å²) in [6, 6.07) is 13.0. The van der Waals surface area contributed by atoms with Gasteiger partial charge >= 0.3 is 0 Å². The van der Waals surface area contributed by atoms with Crippen LogP contribution < -0.4 is 26.6 Å². The maximum absolute atomic E-state index is 13.5. The summed E-state index contributed by atoms with van der Waals surface area (Å²) >= 11 is 0. The van der Waals surface area contributed by atoms with E-state index in [-0.39, 0.29) is 12.1 Å². The van der Waals surface area contributed by atoms with Crippen molar-refractivity contribution in [3.8, 4) is 0 Å². The van der Waals surface area contributed by atoms with Crippen LogP contribution in [0.2, 0.25) is 0 Å². The normalized spacial score (nSPS) is 14.0. The van der Waals surface area contributed by atoms with Crippen LogP contribution in [0.4, 0.5) is 31.7 Å². The molecule has 8 nitrogen and oxygen atoms in total. The molecule has 4 rings (SSSR count). The van der Waals surface area contributed by atoms with Crippen LogP contribution in [-0.2, 0) is 6.54 Å². The minimum absolute atomic E-state index is 0.106. The lowest BCUT2D eigenvalue weighted by Gasteiger charge is -2.36. The lowest BCUT2D eigenvalue weighted by Crippen LogP contribution is -2.48. The number of carbonyl (C=O) groups is 1. The smallest absolute Gasteiger partial charge is 0.252 e. The molecule has 1 fully saturated rings. The molecule has 1 aliphatic rings. The van der Waals surface area contributed by atoms with Crippen LogP contribution in [-0.4, -0.2) is 62.1 Å². The molecule has 2 heterocycles. The van der Waals surface area contributed by atoms with E-state index >= 15 is 0 Å². The lowest BCUT2D eigenvalue weighted by atomic mass is 10.1. The van der Waals surface area contributed by atoms with Crippen LogP contribution in [0.1, 0.15) is 15.9 Å². The molecule has 0 atom stereocenters. The summed E-state index contributed by atoms with van der Waals surface area (Å²) in [4.78, 5) is 21.0. The van der Waals surface area contributed by atoms with E-state index in [4.69, 9.17) is 5.73 Å². The second kappa shape index (κ2) is 11.8. The van der Waals surface area contributed by atoms with Crippen molar-refractivity contribution in [2.75, 3.05) is 61.8 Å². The van der Waals surface area contributed by atoms with E-state index < -0.39 is 17.5 Å². The van der Waals surface area contributed by atoms with E-state index in [2.05, 4.69) is 42.9 Å². The fourth-order valence-electron chi connectivity index (χ4n) is 4.18. The largest absolute Gasteiger partial charge is 0.380 e. The summed E-state index contributed by atoms with van der Waals surface area (Å²) in [5.41, 5.74) is 8.48. The van der Waals surface area contributed by atoms with E-state index in [0.29, 0.717) is 17.1 Å². The number of aromatic nitrogens is 1. The second-order valence-electron chi connectivity index (χ2n) is 8.71. The highest BCUT2D eigenvalue weighted by Crippen LogP contribution is 2.25. The number of carbonyl (C=O) groups excluding carboxylic acids is 1. The molecule has 190 valence electrons. The number of benzene rings is 2. The number of halogens is 2. The first-order valence-corrected chi connectivity index (χ1v) is 11.9. The van der Waals surface area contributed by atoms with Gasteiger partial charge in [0, 0.05) is 75.5 Å². The molecule has 3 aromatic rings. The number of nitrogens with zero attached hydrogens (tertiary/aromatic N) is 3. The number of nitrogens with two attached hydrogens (primary N) is 1. The van der Waals surface area contributed by atoms with E-state index in [1.165, 1.54) is 18.3 Å². The number of piperazine rings is 1. The maximum Gasteiger partial charge on any atom is 0.252 e. The molecule has 2 aromatic carbocycles. The third-order valence-corrected chi connectivity index (χ3v) is 6.13. The number of nitrogens with one attached hydrogen (secondary N) is 3. The highest BCUT2D eigenvalue weighted by molar-refractivity contribution is 5.98. The number of rotatable bonds is 10. The van der Waals surface area contributed by atoms with Gasteiger partial charge < -0.3 is 26.6 Å². The topological polar surface area (TPSA) is 98.5 Å². The van der Waals surface area contributed by atoms with Crippen molar-refractivity contribution >= 4 is 28.8 Å². The molecule has 0 radical (unpaired) electrons. The first-order valence-electron chi connectivity index (χ1n) is 11.9. The summed E-state index contributed by atoms with van der Waals surface area (Å²) in [6.07, 6.45) is 1.38. The maximum atomic E-state index is 13.5. The fourth-order valence-corrected chi connectivity index (χ4v) is 4.18. The van der Waals surface area contributed by atoms with Crippen molar-refractivity contribution in [1.82, 2.24) is 15.2 Å². The Morgan fingerprint density at radius 2 is 1.72 bits per heavy atom. The Labute approximate surface area is 209 Å². The zero-order valence-corrected chi connectivity index (χ0v) is 20.2. The van der Waals surface area contributed by atoms with Gasteiger partial charge in [0.2, 0.25) is 0 Å². The number of hydrogen-bond acceptors (Lipinski definition) is 7. The van der Waals surface area contributed by atoms with Gasteiger partial charge in [-0.05, 0) is 49.0 Å². The molecule has 1 aliphatic heterocycles. The van der Waals surface area contributed by atoms with Gasteiger partial charge in [-0.15, -0.1) is 0 Å². The summed E-state index contributed by atoms with van der Waals surface area (Å²) in [5.74, 6) is -1.49. The van der Waals surface area contributed by atoms with Gasteiger partial charge in [0.1, 0.15) is 17.5 Å². The number of pyridine rings is 1. The summed E-state index contributed by atoms with van der Waals surface area (Å²) in [5, 5.41) is 9.45.